The van der Waals surface area contributed by atoms with Gasteiger partial charge in [0.1, 0.15) is 36.6 Å². The Hall–Kier alpha value is -0.890. The van der Waals surface area contributed by atoms with Crippen molar-refractivity contribution in [2.24, 2.45) is 0 Å². The zero-order valence-electron chi connectivity index (χ0n) is 45.1. The van der Waals surface area contributed by atoms with Crippen LogP contribution in [0.1, 0.15) is 296 Å². The molecule has 0 radical (unpaired) electrons. The maximum Gasteiger partial charge on any atom is 0.249 e. The minimum Gasteiger partial charge on any atom is -0.394 e. The van der Waals surface area contributed by atoms with Crippen LogP contribution in [0.3, 0.4) is 0 Å². The van der Waals surface area contributed by atoms with Crippen molar-refractivity contribution in [1.29, 1.82) is 0 Å². The van der Waals surface area contributed by atoms with Crippen molar-refractivity contribution >= 4 is 5.91 Å². The van der Waals surface area contributed by atoms with E-state index in [1.54, 1.807) is 0 Å². The van der Waals surface area contributed by atoms with Gasteiger partial charge < -0.3 is 50.5 Å². The third-order valence-corrected chi connectivity index (χ3v) is 14.9. The Morgan fingerprint density at radius 2 is 0.754 bits per heavy atom. The van der Waals surface area contributed by atoms with Gasteiger partial charge >= 0.3 is 0 Å². The number of aliphatic hydroxyl groups is 7. The van der Waals surface area contributed by atoms with Crippen LogP contribution in [0.25, 0.3) is 0 Å². The van der Waals surface area contributed by atoms with Crippen molar-refractivity contribution in [3.8, 4) is 0 Å². The van der Waals surface area contributed by atoms with Crippen LogP contribution in [-0.2, 0) is 14.3 Å². The molecule has 1 rings (SSSR count). The van der Waals surface area contributed by atoms with E-state index in [0.29, 0.717) is 19.3 Å². The lowest BCUT2D eigenvalue weighted by atomic mass is 9.98. The fourth-order valence-electron chi connectivity index (χ4n) is 10.0. The SMILES string of the molecule is CCCCCCCCCCCCCCCCCCCCCCCCCCC(O)C(=O)NC(COC1OC(CO)C(O)C(O)C1O)C(O)C(O)CCCCCCCCCCCCCCCCCCCC. The van der Waals surface area contributed by atoms with Crippen LogP contribution in [0.4, 0.5) is 0 Å². The molecule has 0 aromatic heterocycles. The normalized spacial score (nSPS) is 20.3. The van der Waals surface area contributed by atoms with Gasteiger partial charge in [-0.1, -0.05) is 284 Å². The first kappa shape index (κ1) is 66.1. The molecule has 9 atom stereocenters. The summed E-state index contributed by atoms with van der Waals surface area (Å²) in [7, 11) is 0. The number of rotatable bonds is 52. The highest BCUT2D eigenvalue weighted by molar-refractivity contribution is 5.80. The lowest BCUT2D eigenvalue weighted by Gasteiger charge is -2.40. The standard InChI is InChI=1S/C58H115NO10/c1-3-5-7-9-11-13-15-17-19-21-23-24-25-26-27-28-30-32-34-36-38-40-42-44-46-51(62)57(67)59-49(48-68-58-56(66)55(65)54(64)52(47-60)69-58)53(63)50(61)45-43-41-39-37-35-33-31-29-22-20-18-16-14-12-10-8-6-4-2/h49-56,58,60-66H,3-48H2,1-2H3,(H,59,67). The van der Waals surface area contributed by atoms with Crippen molar-refractivity contribution < 1.29 is 50.0 Å². The Morgan fingerprint density at radius 1 is 0.449 bits per heavy atom. The fraction of sp³-hybridized carbons (Fsp3) is 0.983. The summed E-state index contributed by atoms with van der Waals surface area (Å²) in [6, 6.07) is -1.16. The van der Waals surface area contributed by atoms with Crippen LogP contribution < -0.4 is 5.32 Å². The van der Waals surface area contributed by atoms with Gasteiger partial charge in [0.05, 0.1) is 25.4 Å². The Kier molecular flexibility index (Phi) is 46.1. The molecule has 0 aromatic rings. The number of nitrogens with one attached hydrogen (secondary N) is 1. The second-order valence-electron chi connectivity index (χ2n) is 21.4. The topological polar surface area (TPSA) is 189 Å². The highest BCUT2D eigenvalue weighted by Gasteiger charge is 2.44. The fourth-order valence-corrected chi connectivity index (χ4v) is 10.0. The molecule has 1 amide bonds. The molecule has 11 nitrogen and oxygen atoms in total. The molecule has 1 heterocycles. The van der Waals surface area contributed by atoms with Gasteiger partial charge in [-0.2, -0.15) is 0 Å². The second kappa shape index (κ2) is 48.1. The van der Waals surface area contributed by atoms with Gasteiger partial charge in [-0.15, -0.1) is 0 Å². The maximum absolute atomic E-state index is 13.2. The molecular weight excluding hydrogens is 871 g/mol. The molecule has 11 heteroatoms. The van der Waals surface area contributed by atoms with Gasteiger partial charge in [-0.25, -0.2) is 0 Å². The van der Waals surface area contributed by atoms with E-state index in [-0.39, 0.29) is 6.42 Å². The van der Waals surface area contributed by atoms with E-state index in [4.69, 9.17) is 9.47 Å². The summed E-state index contributed by atoms with van der Waals surface area (Å²) in [6.07, 6.45) is 43.0. The number of aliphatic hydroxyl groups excluding tert-OH is 7. The Morgan fingerprint density at radius 3 is 1.07 bits per heavy atom. The molecule has 0 aromatic carbocycles. The van der Waals surface area contributed by atoms with E-state index >= 15 is 0 Å². The van der Waals surface area contributed by atoms with Gasteiger partial charge in [-0.05, 0) is 12.8 Å². The van der Waals surface area contributed by atoms with Crippen LogP contribution >= 0.6 is 0 Å². The zero-order chi connectivity index (χ0) is 50.4. The molecule has 1 saturated heterocycles. The van der Waals surface area contributed by atoms with Crippen LogP contribution in [0.5, 0.6) is 0 Å². The number of carbonyl (C=O) groups excluding carboxylic acids is 1. The molecule has 0 saturated carbocycles. The monoisotopic (exact) mass is 986 g/mol. The van der Waals surface area contributed by atoms with Crippen LogP contribution in [-0.4, -0.2) is 110 Å². The van der Waals surface area contributed by atoms with Crippen molar-refractivity contribution in [2.45, 2.75) is 351 Å². The molecule has 1 aliphatic rings. The number of hydrogen-bond acceptors (Lipinski definition) is 10. The molecule has 412 valence electrons. The highest BCUT2D eigenvalue weighted by atomic mass is 16.7. The number of hydrogen-bond donors (Lipinski definition) is 8. The van der Waals surface area contributed by atoms with Crippen molar-refractivity contribution in [3.05, 3.63) is 0 Å². The average molecular weight is 987 g/mol. The Labute approximate surface area is 424 Å². The summed E-state index contributed by atoms with van der Waals surface area (Å²) in [4.78, 5) is 13.2. The van der Waals surface area contributed by atoms with Gasteiger partial charge in [-0.3, -0.25) is 4.79 Å². The number of ether oxygens (including phenoxy) is 2. The summed E-state index contributed by atoms with van der Waals surface area (Å²) in [5.74, 6) is -0.689. The molecule has 1 fully saturated rings. The first-order valence-electron chi connectivity index (χ1n) is 29.9. The molecule has 8 N–H and O–H groups in total. The number of unbranched alkanes of at least 4 members (excludes halogenated alkanes) is 40. The van der Waals surface area contributed by atoms with E-state index in [1.807, 2.05) is 0 Å². The van der Waals surface area contributed by atoms with Crippen LogP contribution in [0.15, 0.2) is 0 Å². The van der Waals surface area contributed by atoms with E-state index in [0.717, 1.165) is 38.5 Å². The summed E-state index contributed by atoms with van der Waals surface area (Å²) < 4.78 is 11.2. The van der Waals surface area contributed by atoms with Crippen molar-refractivity contribution in [2.75, 3.05) is 13.2 Å². The third-order valence-electron chi connectivity index (χ3n) is 14.9. The minimum absolute atomic E-state index is 0.267. The van der Waals surface area contributed by atoms with Gasteiger partial charge in [0, 0.05) is 0 Å². The highest BCUT2D eigenvalue weighted by Crippen LogP contribution is 2.24. The number of amides is 1. The maximum atomic E-state index is 13.2. The molecule has 9 unspecified atom stereocenters. The van der Waals surface area contributed by atoms with E-state index in [1.165, 1.54) is 218 Å². The molecule has 0 spiro atoms. The van der Waals surface area contributed by atoms with Gasteiger partial charge in [0.2, 0.25) is 5.91 Å². The second-order valence-corrected chi connectivity index (χ2v) is 21.4. The molecule has 0 aliphatic carbocycles. The first-order valence-corrected chi connectivity index (χ1v) is 29.9. The van der Waals surface area contributed by atoms with Gasteiger partial charge in [0.15, 0.2) is 6.29 Å². The summed E-state index contributed by atoms with van der Waals surface area (Å²) in [5.41, 5.74) is 0. The Bertz CT molecular complexity index is 1090. The van der Waals surface area contributed by atoms with E-state index < -0.39 is 74.2 Å². The van der Waals surface area contributed by atoms with Crippen LogP contribution in [0.2, 0.25) is 0 Å². The Balaban J connectivity index is 2.27. The molecule has 69 heavy (non-hydrogen) atoms. The number of carbonyl (C=O) groups is 1. The first-order chi connectivity index (χ1) is 33.7. The zero-order valence-corrected chi connectivity index (χ0v) is 45.1. The molecule has 1 aliphatic heterocycles. The summed E-state index contributed by atoms with van der Waals surface area (Å²) in [6.45, 7) is 3.50. The third kappa shape index (κ3) is 36.6. The van der Waals surface area contributed by atoms with Gasteiger partial charge in [0.25, 0.3) is 0 Å². The smallest absolute Gasteiger partial charge is 0.249 e. The predicted molar refractivity (Wildman–Crippen MR) is 284 cm³/mol. The quantitative estimate of drug-likeness (QED) is 0.0272. The largest absolute Gasteiger partial charge is 0.394 e. The minimum atomic E-state index is -1.66. The van der Waals surface area contributed by atoms with Crippen molar-refractivity contribution in [3.63, 3.8) is 0 Å². The summed E-state index contributed by atoms with van der Waals surface area (Å²) in [5, 5.41) is 76.2. The lowest BCUT2D eigenvalue weighted by molar-refractivity contribution is -0.303. The van der Waals surface area contributed by atoms with Crippen LogP contribution in [0, 0.1) is 0 Å². The lowest BCUT2D eigenvalue weighted by Crippen LogP contribution is -2.60. The van der Waals surface area contributed by atoms with Crippen molar-refractivity contribution in [1.82, 2.24) is 5.32 Å². The average Bonchev–Trinajstić information content (AvgIpc) is 3.35. The predicted octanol–water partition coefficient (Wildman–Crippen LogP) is 12.6. The molecule has 0 bridgehead atoms. The summed E-state index contributed by atoms with van der Waals surface area (Å²) >= 11 is 0. The molecular formula is C58H115NO10. The van der Waals surface area contributed by atoms with E-state index in [2.05, 4.69) is 19.2 Å². The van der Waals surface area contributed by atoms with E-state index in [9.17, 15) is 40.5 Å².